The lowest BCUT2D eigenvalue weighted by molar-refractivity contribution is 0.686. The van der Waals surface area contributed by atoms with Crippen molar-refractivity contribution < 1.29 is 4.21 Å². The number of aromatic nitrogens is 3. The molecule has 1 atom stereocenters. The molecule has 0 bridgehead atoms. The van der Waals surface area contributed by atoms with Crippen LogP contribution in [0.3, 0.4) is 0 Å². The van der Waals surface area contributed by atoms with E-state index in [0.29, 0.717) is 27.1 Å². The van der Waals surface area contributed by atoms with Gasteiger partial charge in [0.15, 0.2) is 0 Å². The Kier molecular flexibility index (Phi) is 5.92. The van der Waals surface area contributed by atoms with E-state index in [9.17, 15) is 4.21 Å². The quantitative estimate of drug-likeness (QED) is 0.365. The standard InChI is InChI=1S/C22H18ClN5OS/c1-15(20-14-25-22(27-20)16-5-3-2-4-6-16)26-21-13-19(11-12-24-21)30(29)28-18-9-7-17(23)8-10-18/h2-14,28H,1H2,(H,24,26)(H,25,27). The lowest BCUT2D eigenvalue weighted by Crippen LogP contribution is -2.06. The number of hydrogen-bond donors (Lipinski definition) is 3. The smallest absolute Gasteiger partial charge is 0.150 e. The Balaban J connectivity index is 1.45. The van der Waals surface area contributed by atoms with Crippen LogP contribution in [-0.4, -0.2) is 19.2 Å². The fourth-order valence-electron chi connectivity index (χ4n) is 2.72. The van der Waals surface area contributed by atoms with Crippen molar-refractivity contribution in [1.82, 2.24) is 15.0 Å². The number of benzene rings is 2. The maximum absolute atomic E-state index is 12.6. The van der Waals surface area contributed by atoms with Gasteiger partial charge in [-0.15, -0.1) is 0 Å². The van der Waals surface area contributed by atoms with Gasteiger partial charge in [-0.05, 0) is 36.4 Å². The van der Waals surface area contributed by atoms with Crippen molar-refractivity contribution in [3.8, 4) is 11.4 Å². The summed E-state index contributed by atoms with van der Waals surface area (Å²) in [5, 5.41) is 3.75. The van der Waals surface area contributed by atoms with E-state index in [4.69, 9.17) is 11.6 Å². The highest BCUT2D eigenvalue weighted by molar-refractivity contribution is 7.86. The summed E-state index contributed by atoms with van der Waals surface area (Å²) in [6.07, 6.45) is 3.30. The van der Waals surface area contributed by atoms with Gasteiger partial charge in [0.05, 0.1) is 22.5 Å². The molecule has 3 N–H and O–H groups in total. The third kappa shape index (κ3) is 4.76. The van der Waals surface area contributed by atoms with Crippen LogP contribution in [0.15, 0.2) is 90.6 Å². The van der Waals surface area contributed by atoms with Gasteiger partial charge in [0, 0.05) is 22.5 Å². The molecule has 30 heavy (non-hydrogen) atoms. The van der Waals surface area contributed by atoms with E-state index >= 15 is 0 Å². The SMILES string of the molecule is C=C(Nc1cc(S(=O)Nc2ccc(Cl)cc2)ccn1)c1cnc(-c2ccccc2)[nH]1. The summed E-state index contributed by atoms with van der Waals surface area (Å²) >= 11 is 5.89. The molecular formula is C22H18ClN5OS. The number of pyridine rings is 1. The van der Waals surface area contributed by atoms with E-state index < -0.39 is 11.0 Å². The molecule has 0 radical (unpaired) electrons. The van der Waals surface area contributed by atoms with Crippen LogP contribution in [-0.2, 0) is 11.0 Å². The zero-order chi connectivity index (χ0) is 20.9. The summed E-state index contributed by atoms with van der Waals surface area (Å²) in [6.45, 7) is 4.05. The van der Waals surface area contributed by atoms with Crippen molar-refractivity contribution in [2.45, 2.75) is 4.90 Å². The second-order valence-corrected chi connectivity index (χ2v) is 8.02. The molecule has 8 heteroatoms. The van der Waals surface area contributed by atoms with Gasteiger partial charge in [-0.1, -0.05) is 48.5 Å². The Hall–Kier alpha value is -3.42. The number of anilines is 2. The molecule has 2 aromatic carbocycles. The predicted molar refractivity (Wildman–Crippen MR) is 122 cm³/mol. The van der Waals surface area contributed by atoms with E-state index in [2.05, 4.69) is 31.6 Å². The van der Waals surface area contributed by atoms with Crippen molar-refractivity contribution in [2.24, 2.45) is 0 Å². The molecule has 2 aromatic heterocycles. The molecule has 0 spiro atoms. The minimum Gasteiger partial charge on any atom is -0.339 e. The summed E-state index contributed by atoms with van der Waals surface area (Å²) in [5.74, 6) is 1.28. The average molecular weight is 436 g/mol. The second-order valence-electron chi connectivity index (χ2n) is 6.37. The molecule has 2 heterocycles. The Morgan fingerprint density at radius 3 is 2.57 bits per heavy atom. The molecular weight excluding hydrogens is 418 g/mol. The molecule has 6 nitrogen and oxygen atoms in total. The average Bonchev–Trinajstić information content (AvgIpc) is 3.27. The minimum atomic E-state index is -1.45. The number of rotatable bonds is 7. The Morgan fingerprint density at radius 1 is 1.03 bits per heavy atom. The van der Waals surface area contributed by atoms with Gasteiger partial charge in [0.2, 0.25) is 0 Å². The van der Waals surface area contributed by atoms with Gasteiger partial charge >= 0.3 is 0 Å². The number of aromatic amines is 1. The first-order chi connectivity index (χ1) is 14.6. The molecule has 150 valence electrons. The van der Waals surface area contributed by atoms with Crippen molar-refractivity contribution in [3.63, 3.8) is 0 Å². The fraction of sp³-hybridized carbons (Fsp3) is 0. The second kappa shape index (κ2) is 8.94. The minimum absolute atomic E-state index is 0.527. The summed E-state index contributed by atoms with van der Waals surface area (Å²) in [6, 6.07) is 20.2. The summed E-state index contributed by atoms with van der Waals surface area (Å²) in [4.78, 5) is 12.5. The molecule has 4 aromatic rings. The van der Waals surface area contributed by atoms with Crippen LogP contribution in [0.2, 0.25) is 5.02 Å². The molecule has 4 rings (SSSR count). The molecule has 0 aliphatic carbocycles. The Labute approximate surface area is 181 Å². The van der Waals surface area contributed by atoms with Crippen LogP contribution < -0.4 is 10.0 Å². The highest BCUT2D eigenvalue weighted by Gasteiger charge is 2.09. The van der Waals surface area contributed by atoms with Gasteiger partial charge in [-0.25, -0.2) is 14.2 Å². The highest BCUT2D eigenvalue weighted by Crippen LogP contribution is 2.21. The zero-order valence-electron chi connectivity index (χ0n) is 15.8. The first kappa shape index (κ1) is 19.9. The maximum atomic E-state index is 12.6. The van der Waals surface area contributed by atoms with Gasteiger partial charge in [-0.3, -0.25) is 0 Å². The number of nitrogens with zero attached hydrogens (tertiary/aromatic N) is 2. The van der Waals surface area contributed by atoms with Crippen LogP contribution in [0.25, 0.3) is 17.1 Å². The van der Waals surface area contributed by atoms with Crippen LogP contribution >= 0.6 is 11.6 Å². The van der Waals surface area contributed by atoms with Crippen molar-refractivity contribution in [2.75, 3.05) is 10.0 Å². The van der Waals surface area contributed by atoms with Crippen molar-refractivity contribution in [1.29, 1.82) is 0 Å². The number of hydrogen-bond acceptors (Lipinski definition) is 4. The summed E-state index contributed by atoms with van der Waals surface area (Å²) in [7, 11) is -1.45. The third-order valence-corrected chi connectivity index (χ3v) is 5.58. The molecule has 0 aliphatic rings. The molecule has 0 aliphatic heterocycles. The Morgan fingerprint density at radius 2 is 1.80 bits per heavy atom. The highest BCUT2D eigenvalue weighted by atomic mass is 35.5. The van der Waals surface area contributed by atoms with Crippen LogP contribution in [0, 0.1) is 0 Å². The fourth-order valence-corrected chi connectivity index (χ4v) is 3.72. The van der Waals surface area contributed by atoms with Crippen molar-refractivity contribution in [3.05, 3.63) is 96.4 Å². The monoisotopic (exact) mass is 435 g/mol. The van der Waals surface area contributed by atoms with E-state index in [1.54, 1.807) is 48.8 Å². The van der Waals surface area contributed by atoms with E-state index in [1.165, 1.54) is 0 Å². The van der Waals surface area contributed by atoms with E-state index in [-0.39, 0.29) is 0 Å². The summed E-state index contributed by atoms with van der Waals surface area (Å²) < 4.78 is 15.6. The normalized spacial score (nSPS) is 11.6. The van der Waals surface area contributed by atoms with Crippen LogP contribution in [0.1, 0.15) is 5.69 Å². The van der Waals surface area contributed by atoms with Gasteiger partial charge in [0.1, 0.15) is 22.6 Å². The summed E-state index contributed by atoms with van der Waals surface area (Å²) in [5.41, 5.74) is 3.03. The largest absolute Gasteiger partial charge is 0.339 e. The molecule has 0 amide bonds. The predicted octanol–water partition coefficient (Wildman–Crippen LogP) is 5.34. The topological polar surface area (TPSA) is 82.7 Å². The number of H-pyrrole nitrogens is 1. The Bertz CT molecular complexity index is 1190. The van der Waals surface area contributed by atoms with Gasteiger partial charge in [0.25, 0.3) is 0 Å². The van der Waals surface area contributed by atoms with Crippen molar-refractivity contribution >= 4 is 39.8 Å². The third-order valence-electron chi connectivity index (χ3n) is 4.23. The van der Waals surface area contributed by atoms with E-state index in [0.717, 1.165) is 17.1 Å². The zero-order valence-corrected chi connectivity index (χ0v) is 17.4. The molecule has 0 saturated heterocycles. The number of imidazole rings is 1. The molecule has 1 unspecified atom stereocenters. The first-order valence-corrected chi connectivity index (χ1v) is 10.6. The lowest BCUT2D eigenvalue weighted by atomic mass is 10.2. The number of nitrogens with one attached hydrogen (secondary N) is 3. The van der Waals surface area contributed by atoms with Crippen LogP contribution in [0.4, 0.5) is 11.5 Å². The van der Waals surface area contributed by atoms with Crippen LogP contribution in [0.5, 0.6) is 0 Å². The van der Waals surface area contributed by atoms with Gasteiger partial charge in [-0.2, -0.15) is 0 Å². The molecule has 0 fully saturated rings. The van der Waals surface area contributed by atoms with E-state index in [1.807, 2.05) is 30.3 Å². The first-order valence-electron chi connectivity index (χ1n) is 9.05. The molecule has 0 saturated carbocycles. The number of halogens is 1. The maximum Gasteiger partial charge on any atom is 0.150 e. The van der Waals surface area contributed by atoms with Gasteiger partial charge < -0.3 is 15.0 Å². The lowest BCUT2D eigenvalue weighted by Gasteiger charge is -2.10.